The van der Waals surface area contributed by atoms with Crippen LogP contribution in [-0.4, -0.2) is 96.7 Å². The van der Waals surface area contributed by atoms with Gasteiger partial charge in [0.05, 0.1) is 26.4 Å². The number of carbonyl (C=O) groups is 4. The van der Waals surface area contributed by atoms with Crippen LogP contribution >= 0.6 is 15.6 Å². The standard InChI is InChI=1S/C68H132O17P2/c1-7-9-11-13-15-17-18-19-20-21-22-23-29-33-40-46-52-67(72)84-63(56-79-66(71)51-45-39-32-28-25-24-27-30-36-42-48-60(3)4)58-82-86(74,75)80-54-62(69)55-81-87(76,77)83-59-64(85-68(73)53-47-41-35-34-37-43-49-61(5)6)57-78-65(70)50-44-38-31-26-16-14-12-10-8-2/h60-64,69H,7-59H2,1-6H3,(H,74,75)(H,76,77)/t62-,63-,64-/m1/s1. The minimum Gasteiger partial charge on any atom is -0.462 e. The van der Waals surface area contributed by atoms with Crippen LogP contribution in [0.4, 0.5) is 0 Å². The number of aliphatic hydroxyl groups is 1. The molecule has 0 aromatic heterocycles. The number of phosphoric ester groups is 2. The molecule has 0 radical (unpaired) electrons. The lowest BCUT2D eigenvalue weighted by Crippen LogP contribution is -2.30. The second-order valence-corrected chi connectivity index (χ2v) is 28.4. The molecule has 0 amide bonds. The van der Waals surface area contributed by atoms with Gasteiger partial charge in [-0.15, -0.1) is 0 Å². The van der Waals surface area contributed by atoms with Gasteiger partial charge in [-0.1, -0.05) is 292 Å². The molecule has 19 heteroatoms. The molecular formula is C68H132O17P2. The fraction of sp³-hybridized carbons (Fsp3) is 0.941. The highest BCUT2D eigenvalue weighted by molar-refractivity contribution is 7.47. The van der Waals surface area contributed by atoms with E-state index in [1.54, 1.807) is 0 Å². The first kappa shape index (κ1) is 85.1. The average molecular weight is 1280 g/mol. The van der Waals surface area contributed by atoms with Gasteiger partial charge < -0.3 is 33.8 Å². The monoisotopic (exact) mass is 1280 g/mol. The Morgan fingerprint density at radius 3 is 0.782 bits per heavy atom. The van der Waals surface area contributed by atoms with E-state index in [0.29, 0.717) is 31.6 Å². The fourth-order valence-electron chi connectivity index (χ4n) is 10.2. The van der Waals surface area contributed by atoms with Crippen molar-refractivity contribution in [3.05, 3.63) is 0 Å². The van der Waals surface area contributed by atoms with Crippen LogP contribution in [0.1, 0.15) is 343 Å². The normalized spacial score (nSPS) is 14.2. The zero-order valence-corrected chi connectivity index (χ0v) is 58.1. The van der Waals surface area contributed by atoms with Crippen molar-refractivity contribution < 1.29 is 80.2 Å². The highest BCUT2D eigenvalue weighted by atomic mass is 31.2. The maximum atomic E-state index is 13.0. The first-order valence-corrected chi connectivity index (χ1v) is 38.5. The Bertz CT molecular complexity index is 1700. The predicted octanol–water partition coefficient (Wildman–Crippen LogP) is 19.2. The van der Waals surface area contributed by atoms with E-state index < -0.39 is 97.5 Å². The number of aliphatic hydroxyl groups excluding tert-OH is 1. The molecule has 0 heterocycles. The fourth-order valence-corrected chi connectivity index (χ4v) is 11.8. The molecule has 17 nitrogen and oxygen atoms in total. The zero-order chi connectivity index (χ0) is 64.3. The summed E-state index contributed by atoms with van der Waals surface area (Å²) in [5.74, 6) is -0.704. The van der Waals surface area contributed by atoms with Crippen molar-refractivity contribution in [1.29, 1.82) is 0 Å². The Balaban J connectivity index is 5.22. The Morgan fingerprint density at radius 2 is 0.529 bits per heavy atom. The van der Waals surface area contributed by atoms with Crippen molar-refractivity contribution in [3.63, 3.8) is 0 Å². The molecule has 0 rings (SSSR count). The van der Waals surface area contributed by atoms with Crippen LogP contribution in [-0.2, 0) is 65.4 Å². The molecule has 0 aliphatic heterocycles. The lowest BCUT2D eigenvalue weighted by molar-refractivity contribution is -0.161. The SMILES string of the molecule is CCCCCCCCCCCCCCCCCCC(=O)O[C@H](COC(=O)CCCCCCCCCCCCC(C)C)COP(=O)(O)OC[C@@H](O)COP(=O)(O)OC[C@@H](COC(=O)CCCCCCCCCCC)OC(=O)CCCCCCCCC(C)C. The van der Waals surface area contributed by atoms with Gasteiger partial charge in [-0.3, -0.25) is 37.3 Å². The first-order chi connectivity index (χ1) is 41.9. The van der Waals surface area contributed by atoms with Crippen molar-refractivity contribution >= 4 is 39.5 Å². The van der Waals surface area contributed by atoms with E-state index in [0.717, 1.165) is 95.8 Å². The van der Waals surface area contributed by atoms with Gasteiger partial charge in [0.1, 0.15) is 19.3 Å². The van der Waals surface area contributed by atoms with E-state index in [1.165, 1.54) is 161 Å². The van der Waals surface area contributed by atoms with Gasteiger partial charge in [-0.2, -0.15) is 0 Å². The molecule has 0 fully saturated rings. The molecule has 0 aliphatic rings. The lowest BCUT2D eigenvalue weighted by atomic mass is 10.0. The van der Waals surface area contributed by atoms with Gasteiger partial charge in [0.15, 0.2) is 12.2 Å². The topological polar surface area (TPSA) is 237 Å². The largest absolute Gasteiger partial charge is 0.472 e. The average Bonchev–Trinajstić information content (AvgIpc) is 3.56. The smallest absolute Gasteiger partial charge is 0.462 e. The summed E-state index contributed by atoms with van der Waals surface area (Å²) in [4.78, 5) is 72.3. The summed E-state index contributed by atoms with van der Waals surface area (Å²) in [6.07, 6.45) is 44.6. The third-order valence-electron chi connectivity index (χ3n) is 15.7. The third-order valence-corrected chi connectivity index (χ3v) is 17.6. The molecule has 0 bridgehead atoms. The summed E-state index contributed by atoms with van der Waals surface area (Å²) in [6.45, 7) is 9.42. The number of hydrogen-bond donors (Lipinski definition) is 3. The molecule has 0 aliphatic carbocycles. The molecule has 0 spiro atoms. The summed E-state index contributed by atoms with van der Waals surface area (Å²) in [6, 6.07) is 0. The van der Waals surface area contributed by atoms with Crippen molar-refractivity contribution in [2.45, 2.75) is 362 Å². The minimum absolute atomic E-state index is 0.102. The Morgan fingerprint density at radius 1 is 0.310 bits per heavy atom. The lowest BCUT2D eigenvalue weighted by Gasteiger charge is -2.21. The maximum absolute atomic E-state index is 13.0. The first-order valence-electron chi connectivity index (χ1n) is 35.5. The second-order valence-electron chi connectivity index (χ2n) is 25.5. The maximum Gasteiger partial charge on any atom is 0.472 e. The summed E-state index contributed by atoms with van der Waals surface area (Å²) >= 11 is 0. The van der Waals surface area contributed by atoms with Crippen LogP contribution in [0.3, 0.4) is 0 Å². The van der Waals surface area contributed by atoms with Crippen LogP contribution in [0.2, 0.25) is 0 Å². The molecule has 3 N–H and O–H groups in total. The van der Waals surface area contributed by atoms with Gasteiger partial charge in [0, 0.05) is 25.7 Å². The van der Waals surface area contributed by atoms with Gasteiger partial charge in [0.25, 0.3) is 0 Å². The van der Waals surface area contributed by atoms with Crippen molar-refractivity contribution in [2.24, 2.45) is 11.8 Å². The quantitative estimate of drug-likeness (QED) is 0.0222. The number of unbranched alkanes of at least 4 members (excludes halogenated alkanes) is 37. The van der Waals surface area contributed by atoms with E-state index >= 15 is 0 Å². The summed E-state index contributed by atoms with van der Waals surface area (Å²) < 4.78 is 68.1. The zero-order valence-electron chi connectivity index (χ0n) is 56.3. The Kier molecular flexibility index (Phi) is 59.0. The highest BCUT2D eigenvalue weighted by Crippen LogP contribution is 2.45. The van der Waals surface area contributed by atoms with Crippen LogP contribution in [0.15, 0.2) is 0 Å². The number of carbonyl (C=O) groups excluding carboxylic acids is 4. The van der Waals surface area contributed by atoms with Crippen LogP contribution in [0, 0.1) is 11.8 Å². The molecule has 5 atom stereocenters. The summed E-state index contributed by atoms with van der Waals surface area (Å²) in [5, 5.41) is 10.6. The molecule has 0 saturated carbocycles. The molecular weight excluding hydrogens is 1150 g/mol. The molecule has 516 valence electrons. The third kappa shape index (κ3) is 62.6. The predicted molar refractivity (Wildman–Crippen MR) is 349 cm³/mol. The van der Waals surface area contributed by atoms with Crippen LogP contribution < -0.4 is 0 Å². The Labute approximate surface area is 530 Å². The number of phosphoric acid groups is 2. The molecule has 87 heavy (non-hydrogen) atoms. The van der Waals surface area contributed by atoms with Gasteiger partial charge in [-0.25, -0.2) is 9.13 Å². The van der Waals surface area contributed by atoms with E-state index in [9.17, 15) is 43.2 Å². The molecule has 0 aromatic rings. The van der Waals surface area contributed by atoms with E-state index in [1.807, 2.05) is 0 Å². The van der Waals surface area contributed by atoms with Crippen molar-refractivity contribution in [3.8, 4) is 0 Å². The van der Waals surface area contributed by atoms with Gasteiger partial charge >= 0.3 is 39.5 Å². The van der Waals surface area contributed by atoms with E-state index in [-0.39, 0.29) is 25.7 Å². The highest BCUT2D eigenvalue weighted by Gasteiger charge is 2.30. The number of hydrogen-bond acceptors (Lipinski definition) is 15. The molecule has 0 aromatic carbocycles. The summed E-state index contributed by atoms with van der Waals surface area (Å²) in [5.41, 5.74) is 0. The van der Waals surface area contributed by atoms with E-state index in [2.05, 4.69) is 41.5 Å². The minimum atomic E-state index is -4.95. The number of esters is 4. The Hall–Kier alpha value is -1.94. The van der Waals surface area contributed by atoms with E-state index in [4.69, 9.17) is 37.0 Å². The number of ether oxygens (including phenoxy) is 4. The summed E-state index contributed by atoms with van der Waals surface area (Å²) in [7, 11) is -9.89. The number of rotatable bonds is 67. The second kappa shape index (κ2) is 60.3. The van der Waals surface area contributed by atoms with Crippen molar-refractivity contribution in [1.82, 2.24) is 0 Å². The van der Waals surface area contributed by atoms with Gasteiger partial charge in [0.2, 0.25) is 0 Å². The van der Waals surface area contributed by atoms with Crippen LogP contribution in [0.25, 0.3) is 0 Å². The van der Waals surface area contributed by atoms with Crippen LogP contribution in [0.5, 0.6) is 0 Å². The molecule has 0 saturated heterocycles. The van der Waals surface area contributed by atoms with Crippen molar-refractivity contribution in [2.75, 3.05) is 39.6 Å². The van der Waals surface area contributed by atoms with Gasteiger partial charge in [-0.05, 0) is 37.5 Å². The molecule has 2 unspecified atom stereocenters.